The minimum atomic E-state index is -0.994. The number of nitrogens with one attached hydrogen (secondary N) is 1. The number of benzene rings is 1. The van der Waals surface area contributed by atoms with Crippen LogP contribution in [0.15, 0.2) is 48.8 Å². The molecule has 178 valence electrons. The fraction of sp³-hybridized carbons (Fsp3) is 0.292. The summed E-state index contributed by atoms with van der Waals surface area (Å²) in [5.41, 5.74) is -1.25. The molecule has 3 heterocycles. The molecule has 10 heteroatoms. The third kappa shape index (κ3) is 5.35. The molecular weight excluding hydrogens is 451 g/mol. The summed E-state index contributed by atoms with van der Waals surface area (Å²) < 4.78 is 59.6. The van der Waals surface area contributed by atoms with Crippen molar-refractivity contribution in [3.05, 3.63) is 71.9 Å². The molecule has 1 fully saturated rings. The lowest BCUT2D eigenvalue weighted by atomic mass is 10.1. The first-order valence-electron chi connectivity index (χ1n) is 10.5. The van der Waals surface area contributed by atoms with E-state index in [0.29, 0.717) is 25.4 Å². The predicted octanol–water partition coefficient (Wildman–Crippen LogP) is 4.73. The zero-order valence-corrected chi connectivity index (χ0v) is 18.5. The number of anilines is 1. The van der Waals surface area contributed by atoms with Crippen LogP contribution in [0.3, 0.4) is 0 Å². The van der Waals surface area contributed by atoms with Crippen molar-refractivity contribution in [3.63, 3.8) is 0 Å². The van der Waals surface area contributed by atoms with Gasteiger partial charge in [-0.1, -0.05) is 6.07 Å². The Hall–Kier alpha value is -3.50. The second kappa shape index (κ2) is 9.78. The quantitative estimate of drug-likeness (QED) is 0.534. The SMILES string of the molecule is CC1(C)OCC(CCOc2ccncc2NC(=O)c2ccc(F)c(-c3c(F)cccc3F)n2)O1. The number of aromatic nitrogens is 2. The van der Waals surface area contributed by atoms with E-state index in [2.05, 4.69) is 15.3 Å². The molecule has 1 aliphatic heterocycles. The molecule has 1 N–H and O–H groups in total. The number of hydrogen-bond donors (Lipinski definition) is 1. The van der Waals surface area contributed by atoms with Crippen molar-refractivity contribution in [2.75, 3.05) is 18.5 Å². The van der Waals surface area contributed by atoms with Gasteiger partial charge in [0.15, 0.2) is 5.79 Å². The van der Waals surface area contributed by atoms with Crippen LogP contribution in [0, 0.1) is 17.5 Å². The van der Waals surface area contributed by atoms with Gasteiger partial charge in [0.1, 0.15) is 40.3 Å². The van der Waals surface area contributed by atoms with Crippen molar-refractivity contribution in [1.82, 2.24) is 9.97 Å². The molecule has 0 spiro atoms. The van der Waals surface area contributed by atoms with Crippen LogP contribution in [0.4, 0.5) is 18.9 Å². The van der Waals surface area contributed by atoms with Crippen LogP contribution in [-0.4, -0.2) is 41.0 Å². The highest BCUT2D eigenvalue weighted by Crippen LogP contribution is 2.29. The van der Waals surface area contributed by atoms with Gasteiger partial charge in [-0.05, 0) is 38.1 Å². The van der Waals surface area contributed by atoms with Crippen molar-refractivity contribution in [2.24, 2.45) is 0 Å². The Bertz CT molecular complexity index is 1190. The van der Waals surface area contributed by atoms with E-state index in [9.17, 15) is 18.0 Å². The van der Waals surface area contributed by atoms with Crippen molar-refractivity contribution >= 4 is 11.6 Å². The highest BCUT2D eigenvalue weighted by Gasteiger charge is 2.32. The largest absolute Gasteiger partial charge is 0.491 e. The van der Waals surface area contributed by atoms with Crippen LogP contribution in [0.25, 0.3) is 11.3 Å². The van der Waals surface area contributed by atoms with E-state index in [1.807, 2.05) is 13.8 Å². The first-order valence-corrected chi connectivity index (χ1v) is 10.5. The molecular formula is C24H22F3N3O4. The molecule has 3 aromatic rings. The van der Waals surface area contributed by atoms with E-state index in [1.165, 1.54) is 12.4 Å². The van der Waals surface area contributed by atoms with Gasteiger partial charge in [0.05, 0.1) is 31.1 Å². The molecule has 2 aromatic heterocycles. The average molecular weight is 473 g/mol. The number of carbonyl (C=O) groups excluding carboxylic acids is 1. The lowest BCUT2D eigenvalue weighted by Crippen LogP contribution is -2.22. The Balaban J connectivity index is 1.47. The molecule has 0 bridgehead atoms. The second-order valence-corrected chi connectivity index (χ2v) is 8.04. The summed E-state index contributed by atoms with van der Waals surface area (Å²) in [6, 6.07) is 6.73. The molecule has 0 aliphatic carbocycles. The number of amides is 1. The Labute approximate surface area is 193 Å². The van der Waals surface area contributed by atoms with Crippen molar-refractivity contribution in [1.29, 1.82) is 0 Å². The van der Waals surface area contributed by atoms with E-state index >= 15 is 0 Å². The molecule has 1 aromatic carbocycles. The molecule has 1 saturated heterocycles. The molecule has 34 heavy (non-hydrogen) atoms. The van der Waals surface area contributed by atoms with Crippen molar-refractivity contribution in [3.8, 4) is 17.0 Å². The average Bonchev–Trinajstić information content (AvgIpc) is 3.14. The Morgan fingerprint density at radius 2 is 1.91 bits per heavy atom. The standard InChI is InChI=1S/C24H22F3N3O4/c1-24(2)33-13-14(34-24)9-11-32-20-8-10-28-12-19(20)30-23(31)18-7-6-17(27)22(29-18)21-15(25)4-3-5-16(21)26/h3-8,10,12,14H,9,11,13H2,1-2H3,(H,30,31). The van der Waals surface area contributed by atoms with Crippen LogP contribution >= 0.6 is 0 Å². The minimum absolute atomic E-state index is 0.115. The number of carbonyl (C=O) groups is 1. The number of pyridine rings is 2. The predicted molar refractivity (Wildman–Crippen MR) is 117 cm³/mol. The van der Waals surface area contributed by atoms with E-state index in [4.69, 9.17) is 14.2 Å². The smallest absolute Gasteiger partial charge is 0.274 e. The second-order valence-electron chi connectivity index (χ2n) is 8.04. The number of halogens is 3. The maximum absolute atomic E-state index is 14.3. The van der Waals surface area contributed by atoms with Gasteiger partial charge in [-0.2, -0.15) is 0 Å². The summed E-state index contributed by atoms with van der Waals surface area (Å²) in [6.45, 7) is 4.42. The van der Waals surface area contributed by atoms with Crippen LogP contribution < -0.4 is 10.1 Å². The number of ether oxygens (including phenoxy) is 3. The van der Waals surface area contributed by atoms with Crippen molar-refractivity contribution < 1.29 is 32.2 Å². The highest BCUT2D eigenvalue weighted by atomic mass is 19.1. The van der Waals surface area contributed by atoms with Gasteiger partial charge in [-0.15, -0.1) is 0 Å². The third-order valence-corrected chi connectivity index (χ3v) is 5.07. The van der Waals surface area contributed by atoms with E-state index in [0.717, 1.165) is 30.3 Å². The summed E-state index contributed by atoms with van der Waals surface area (Å²) in [6.07, 6.45) is 3.33. The molecule has 0 radical (unpaired) electrons. The molecule has 7 nitrogen and oxygen atoms in total. The zero-order chi connectivity index (χ0) is 24.3. The molecule has 1 amide bonds. The van der Waals surface area contributed by atoms with E-state index < -0.39 is 40.4 Å². The van der Waals surface area contributed by atoms with Crippen LogP contribution in [0.1, 0.15) is 30.8 Å². The van der Waals surface area contributed by atoms with E-state index in [-0.39, 0.29) is 17.5 Å². The number of rotatable bonds is 7. The summed E-state index contributed by atoms with van der Waals surface area (Å²) in [4.78, 5) is 20.6. The maximum Gasteiger partial charge on any atom is 0.274 e. The minimum Gasteiger partial charge on any atom is -0.491 e. The molecule has 1 unspecified atom stereocenters. The van der Waals surface area contributed by atoms with Gasteiger partial charge in [0, 0.05) is 18.7 Å². The van der Waals surface area contributed by atoms with Crippen molar-refractivity contribution in [2.45, 2.75) is 32.2 Å². The molecule has 1 atom stereocenters. The summed E-state index contributed by atoms with van der Waals surface area (Å²) in [5, 5.41) is 2.59. The summed E-state index contributed by atoms with van der Waals surface area (Å²) in [7, 11) is 0. The highest BCUT2D eigenvalue weighted by molar-refractivity contribution is 6.03. The molecule has 4 rings (SSSR count). The summed E-state index contributed by atoms with van der Waals surface area (Å²) in [5.74, 6) is -3.96. The van der Waals surface area contributed by atoms with Gasteiger partial charge in [-0.25, -0.2) is 18.2 Å². The van der Waals surface area contributed by atoms with Gasteiger partial charge in [0.25, 0.3) is 5.91 Å². The Morgan fingerprint density at radius 3 is 2.62 bits per heavy atom. The molecule has 0 saturated carbocycles. The first-order chi connectivity index (χ1) is 16.2. The lowest BCUT2D eigenvalue weighted by Gasteiger charge is -2.17. The Morgan fingerprint density at radius 1 is 1.15 bits per heavy atom. The normalized spacial score (nSPS) is 16.9. The maximum atomic E-state index is 14.3. The van der Waals surface area contributed by atoms with Crippen LogP contribution in [0.2, 0.25) is 0 Å². The van der Waals surface area contributed by atoms with Gasteiger partial charge >= 0.3 is 0 Å². The fourth-order valence-corrected chi connectivity index (χ4v) is 3.46. The Kier molecular flexibility index (Phi) is 6.80. The molecule has 1 aliphatic rings. The van der Waals surface area contributed by atoms with Gasteiger partial charge < -0.3 is 19.5 Å². The summed E-state index contributed by atoms with van der Waals surface area (Å²) >= 11 is 0. The van der Waals surface area contributed by atoms with Gasteiger partial charge in [0.2, 0.25) is 0 Å². The topological polar surface area (TPSA) is 82.6 Å². The third-order valence-electron chi connectivity index (χ3n) is 5.07. The van der Waals surface area contributed by atoms with E-state index in [1.54, 1.807) is 6.07 Å². The van der Waals surface area contributed by atoms with Gasteiger partial charge in [-0.3, -0.25) is 9.78 Å². The monoisotopic (exact) mass is 473 g/mol. The van der Waals surface area contributed by atoms with Crippen LogP contribution in [0.5, 0.6) is 5.75 Å². The number of nitrogens with zero attached hydrogens (tertiary/aromatic N) is 2. The number of hydrogen-bond acceptors (Lipinski definition) is 6. The fourth-order valence-electron chi connectivity index (χ4n) is 3.46. The first kappa shape index (κ1) is 23.7. The lowest BCUT2D eigenvalue weighted by molar-refractivity contribution is -0.139. The zero-order valence-electron chi connectivity index (χ0n) is 18.5. The van der Waals surface area contributed by atoms with Crippen LogP contribution in [-0.2, 0) is 9.47 Å².